The maximum atomic E-state index is 11.8. The Morgan fingerprint density at radius 2 is 1.67 bits per heavy atom. The van der Waals surface area contributed by atoms with Gasteiger partial charge < -0.3 is 15.4 Å². The maximum absolute atomic E-state index is 11.8. The Morgan fingerprint density at radius 1 is 0.952 bits per heavy atom. The summed E-state index contributed by atoms with van der Waals surface area (Å²) < 4.78 is 5.59. The van der Waals surface area contributed by atoms with Gasteiger partial charge in [-0.25, -0.2) is 0 Å². The summed E-state index contributed by atoms with van der Waals surface area (Å²) in [6, 6.07) is 0.663. The van der Waals surface area contributed by atoms with Gasteiger partial charge in [0.2, 0.25) is 5.91 Å². The van der Waals surface area contributed by atoms with Crippen molar-refractivity contribution in [2.24, 2.45) is 0 Å². The molecule has 124 valence electrons. The van der Waals surface area contributed by atoms with E-state index >= 15 is 0 Å². The van der Waals surface area contributed by atoms with Gasteiger partial charge >= 0.3 is 0 Å². The predicted molar refractivity (Wildman–Crippen MR) is 88.0 cm³/mol. The summed E-state index contributed by atoms with van der Waals surface area (Å²) in [5.74, 6) is 0.138. The minimum absolute atomic E-state index is 0. The first-order chi connectivity index (χ1) is 9.84. The molecule has 4 nitrogen and oxygen atoms in total. The van der Waals surface area contributed by atoms with Crippen molar-refractivity contribution in [3.63, 3.8) is 0 Å². The van der Waals surface area contributed by atoms with Crippen LogP contribution in [0.3, 0.4) is 0 Å². The summed E-state index contributed by atoms with van der Waals surface area (Å²) in [5, 5.41) is 6.58. The molecular formula is C16H31ClN2O2. The third-order valence-corrected chi connectivity index (χ3v) is 4.42. The van der Waals surface area contributed by atoms with E-state index in [9.17, 15) is 4.79 Å². The van der Waals surface area contributed by atoms with E-state index in [-0.39, 0.29) is 24.4 Å². The van der Waals surface area contributed by atoms with Gasteiger partial charge in [0, 0.05) is 25.7 Å². The molecule has 1 saturated heterocycles. The minimum Gasteiger partial charge on any atom is -0.378 e. The van der Waals surface area contributed by atoms with Crippen LogP contribution in [0.15, 0.2) is 0 Å². The van der Waals surface area contributed by atoms with Crippen LogP contribution in [0.5, 0.6) is 0 Å². The minimum atomic E-state index is 0. The zero-order valence-corrected chi connectivity index (χ0v) is 13.9. The Hall–Kier alpha value is -0.320. The molecule has 21 heavy (non-hydrogen) atoms. The summed E-state index contributed by atoms with van der Waals surface area (Å²) >= 11 is 0. The molecule has 1 amide bonds. The van der Waals surface area contributed by atoms with E-state index in [1.165, 1.54) is 44.9 Å². The van der Waals surface area contributed by atoms with Crippen LogP contribution in [0.2, 0.25) is 0 Å². The Kier molecular flexibility index (Phi) is 10.1. The number of hydrogen-bond donors (Lipinski definition) is 2. The second kappa shape index (κ2) is 11.3. The van der Waals surface area contributed by atoms with Crippen molar-refractivity contribution < 1.29 is 9.53 Å². The number of hydrogen-bond acceptors (Lipinski definition) is 3. The van der Waals surface area contributed by atoms with Gasteiger partial charge in [-0.3, -0.25) is 4.79 Å². The number of rotatable bonds is 6. The summed E-state index contributed by atoms with van der Waals surface area (Å²) in [5.41, 5.74) is 0. The molecule has 0 aromatic heterocycles. The van der Waals surface area contributed by atoms with Crippen molar-refractivity contribution in [3.8, 4) is 0 Å². The lowest BCUT2D eigenvalue weighted by atomic mass is 10.1. The van der Waals surface area contributed by atoms with Crippen molar-refractivity contribution in [2.45, 2.75) is 76.4 Å². The molecular weight excluding hydrogens is 288 g/mol. The molecule has 2 rings (SSSR count). The summed E-state index contributed by atoms with van der Waals surface area (Å²) in [6.45, 7) is 2.45. The molecule has 1 aliphatic carbocycles. The number of nitrogens with one attached hydrogen (secondary N) is 2. The Labute approximate surface area is 135 Å². The van der Waals surface area contributed by atoms with Crippen molar-refractivity contribution >= 4 is 18.3 Å². The molecule has 0 bridgehead atoms. The second-order valence-electron chi connectivity index (χ2n) is 6.19. The molecule has 1 unspecified atom stereocenters. The zero-order chi connectivity index (χ0) is 14.0. The third kappa shape index (κ3) is 8.03. The summed E-state index contributed by atoms with van der Waals surface area (Å²) in [4.78, 5) is 11.8. The zero-order valence-electron chi connectivity index (χ0n) is 13.1. The van der Waals surface area contributed by atoms with Crippen LogP contribution in [0.25, 0.3) is 0 Å². The van der Waals surface area contributed by atoms with E-state index in [0.29, 0.717) is 12.5 Å². The normalized spacial score (nSPS) is 23.9. The molecule has 2 fully saturated rings. The lowest BCUT2D eigenvalue weighted by Gasteiger charge is -2.22. The van der Waals surface area contributed by atoms with Crippen LogP contribution in [-0.4, -0.2) is 37.7 Å². The molecule has 2 aliphatic rings. The quantitative estimate of drug-likeness (QED) is 0.585. The first-order valence-corrected chi connectivity index (χ1v) is 8.46. The average molecular weight is 319 g/mol. The number of halogens is 1. The smallest absolute Gasteiger partial charge is 0.222 e. The molecule has 5 heteroatoms. The van der Waals surface area contributed by atoms with E-state index < -0.39 is 0 Å². The first kappa shape index (κ1) is 18.7. The van der Waals surface area contributed by atoms with E-state index in [1.54, 1.807) is 0 Å². The van der Waals surface area contributed by atoms with Crippen LogP contribution in [-0.2, 0) is 9.53 Å². The van der Waals surface area contributed by atoms with Gasteiger partial charge in [0.25, 0.3) is 0 Å². The predicted octanol–water partition coefficient (Wildman–Crippen LogP) is 2.80. The Balaban J connectivity index is 0.00000220. The fourth-order valence-corrected chi connectivity index (χ4v) is 3.21. The molecule has 1 saturated carbocycles. The Morgan fingerprint density at radius 3 is 2.33 bits per heavy atom. The molecule has 1 aliphatic heterocycles. The average Bonchev–Trinajstić information content (AvgIpc) is 2.73. The van der Waals surface area contributed by atoms with Crippen molar-refractivity contribution in [2.75, 3.05) is 19.7 Å². The van der Waals surface area contributed by atoms with Crippen molar-refractivity contribution in [1.82, 2.24) is 10.6 Å². The Bertz CT molecular complexity index is 275. The van der Waals surface area contributed by atoms with E-state index in [4.69, 9.17) is 4.74 Å². The number of carbonyl (C=O) groups is 1. The third-order valence-electron chi connectivity index (χ3n) is 4.42. The van der Waals surface area contributed by atoms with E-state index in [2.05, 4.69) is 10.6 Å². The topological polar surface area (TPSA) is 50.4 Å². The lowest BCUT2D eigenvalue weighted by Crippen LogP contribution is -2.38. The fourth-order valence-electron chi connectivity index (χ4n) is 3.21. The van der Waals surface area contributed by atoms with Gasteiger partial charge in [-0.15, -0.1) is 12.4 Å². The molecule has 0 aromatic carbocycles. The fraction of sp³-hybridized carbons (Fsp3) is 0.938. The molecule has 1 heterocycles. The van der Waals surface area contributed by atoms with Crippen LogP contribution in [0.4, 0.5) is 0 Å². The van der Waals surface area contributed by atoms with Crippen molar-refractivity contribution in [1.29, 1.82) is 0 Å². The maximum Gasteiger partial charge on any atom is 0.222 e. The monoisotopic (exact) mass is 318 g/mol. The summed E-state index contributed by atoms with van der Waals surface area (Å²) in [7, 11) is 0. The standard InChI is InChI=1S/C16H30N2O2.ClH/c19-16(13-15-9-5-6-12-20-15)18-11-10-17-14-7-3-1-2-4-8-14;/h14-15,17H,1-13H2,(H,18,19);1H. The van der Waals surface area contributed by atoms with Gasteiger partial charge in [0.05, 0.1) is 12.5 Å². The number of ether oxygens (including phenoxy) is 1. The highest BCUT2D eigenvalue weighted by atomic mass is 35.5. The molecule has 1 atom stereocenters. The SMILES string of the molecule is Cl.O=C(CC1CCCCO1)NCCNC1CCCCCC1. The van der Waals surface area contributed by atoms with Gasteiger partial charge in [0.1, 0.15) is 0 Å². The van der Waals surface area contributed by atoms with Crippen LogP contribution in [0, 0.1) is 0 Å². The lowest BCUT2D eigenvalue weighted by molar-refractivity contribution is -0.124. The molecule has 0 radical (unpaired) electrons. The second-order valence-corrected chi connectivity index (χ2v) is 6.19. The van der Waals surface area contributed by atoms with Crippen LogP contribution >= 0.6 is 12.4 Å². The highest BCUT2D eigenvalue weighted by molar-refractivity contribution is 5.85. The van der Waals surface area contributed by atoms with Gasteiger partial charge in [0.15, 0.2) is 0 Å². The highest BCUT2D eigenvalue weighted by Crippen LogP contribution is 2.17. The van der Waals surface area contributed by atoms with Gasteiger partial charge in [-0.2, -0.15) is 0 Å². The molecule has 2 N–H and O–H groups in total. The largest absolute Gasteiger partial charge is 0.378 e. The summed E-state index contributed by atoms with van der Waals surface area (Å²) in [6.07, 6.45) is 12.1. The first-order valence-electron chi connectivity index (χ1n) is 8.46. The van der Waals surface area contributed by atoms with Gasteiger partial charge in [-0.05, 0) is 32.1 Å². The van der Waals surface area contributed by atoms with Gasteiger partial charge in [-0.1, -0.05) is 25.7 Å². The molecule has 0 aromatic rings. The number of carbonyl (C=O) groups excluding carboxylic acids is 1. The number of amides is 1. The molecule has 0 spiro atoms. The highest BCUT2D eigenvalue weighted by Gasteiger charge is 2.17. The van der Waals surface area contributed by atoms with Crippen LogP contribution < -0.4 is 10.6 Å². The van der Waals surface area contributed by atoms with Crippen molar-refractivity contribution in [3.05, 3.63) is 0 Å². The van der Waals surface area contributed by atoms with E-state index in [0.717, 1.165) is 32.5 Å². The van der Waals surface area contributed by atoms with E-state index in [1.807, 2.05) is 0 Å². The van der Waals surface area contributed by atoms with Crippen LogP contribution in [0.1, 0.15) is 64.2 Å².